The quantitative estimate of drug-likeness (QED) is 0.773. The lowest BCUT2D eigenvalue weighted by atomic mass is 10.1. The minimum absolute atomic E-state index is 0.0838. The van der Waals surface area contributed by atoms with Crippen molar-refractivity contribution < 1.29 is 4.79 Å². The summed E-state index contributed by atoms with van der Waals surface area (Å²) in [6, 6.07) is 9.93. The van der Waals surface area contributed by atoms with E-state index < -0.39 is 5.69 Å². The van der Waals surface area contributed by atoms with Crippen LogP contribution < -0.4 is 11.0 Å². The molecule has 1 amide bonds. The van der Waals surface area contributed by atoms with Crippen molar-refractivity contribution in [3.8, 4) is 0 Å². The Kier molecular flexibility index (Phi) is 4.81. The molecule has 3 rings (SSSR count). The summed E-state index contributed by atoms with van der Waals surface area (Å²) >= 11 is 1.43. The van der Waals surface area contributed by atoms with Gasteiger partial charge in [0.1, 0.15) is 6.54 Å². The predicted octanol–water partition coefficient (Wildman–Crippen LogP) is 2.24. The van der Waals surface area contributed by atoms with Gasteiger partial charge in [0.15, 0.2) is 5.13 Å². The summed E-state index contributed by atoms with van der Waals surface area (Å²) in [5.74, 6) is -0.304. The molecule has 122 valence electrons. The molecule has 0 radical (unpaired) electrons. The van der Waals surface area contributed by atoms with Crippen molar-refractivity contribution in [2.45, 2.75) is 19.9 Å². The molecule has 0 aliphatic rings. The number of amides is 1. The maximum atomic E-state index is 12.0. The van der Waals surface area contributed by atoms with Gasteiger partial charge in [-0.15, -0.1) is 11.3 Å². The van der Waals surface area contributed by atoms with Crippen molar-refractivity contribution in [3.63, 3.8) is 0 Å². The first-order chi connectivity index (χ1) is 11.6. The number of anilines is 1. The molecule has 2 aromatic heterocycles. The fourth-order valence-corrected chi connectivity index (χ4v) is 3.04. The van der Waals surface area contributed by atoms with E-state index in [1.54, 1.807) is 12.3 Å². The molecule has 0 aliphatic heterocycles. The highest BCUT2D eigenvalue weighted by Gasteiger charge is 2.09. The van der Waals surface area contributed by atoms with Gasteiger partial charge >= 0.3 is 5.69 Å². The third-order valence-corrected chi connectivity index (χ3v) is 4.31. The zero-order chi connectivity index (χ0) is 16.9. The molecule has 0 saturated carbocycles. The summed E-state index contributed by atoms with van der Waals surface area (Å²) in [5, 5.41) is 3.24. The van der Waals surface area contributed by atoms with Gasteiger partial charge in [0, 0.05) is 29.9 Å². The number of rotatable bonds is 5. The highest BCUT2D eigenvalue weighted by molar-refractivity contribution is 7.15. The minimum atomic E-state index is -0.452. The Labute approximate surface area is 142 Å². The maximum Gasteiger partial charge on any atom is 0.347 e. The lowest BCUT2D eigenvalue weighted by Gasteiger charge is -2.03. The molecule has 7 heteroatoms. The third-order valence-electron chi connectivity index (χ3n) is 3.40. The van der Waals surface area contributed by atoms with Crippen LogP contribution in [-0.4, -0.2) is 20.4 Å². The van der Waals surface area contributed by atoms with E-state index >= 15 is 0 Å². The van der Waals surface area contributed by atoms with Crippen molar-refractivity contribution in [1.29, 1.82) is 0 Å². The van der Waals surface area contributed by atoms with Crippen molar-refractivity contribution in [3.05, 3.63) is 75.4 Å². The number of thiazole rings is 1. The van der Waals surface area contributed by atoms with E-state index in [2.05, 4.69) is 46.5 Å². The summed E-state index contributed by atoms with van der Waals surface area (Å²) < 4.78 is 1.25. The van der Waals surface area contributed by atoms with E-state index in [4.69, 9.17) is 0 Å². The second-order valence-electron chi connectivity index (χ2n) is 5.37. The Morgan fingerprint density at radius 1 is 1.25 bits per heavy atom. The molecule has 2 heterocycles. The second-order valence-corrected chi connectivity index (χ2v) is 6.49. The van der Waals surface area contributed by atoms with Gasteiger partial charge in [-0.25, -0.2) is 14.8 Å². The SMILES string of the molecule is Cc1ccc(Cc2cnc(NC(=O)Cn3cccnc3=O)s2)cc1. The molecule has 0 saturated heterocycles. The zero-order valence-electron chi connectivity index (χ0n) is 13.1. The summed E-state index contributed by atoms with van der Waals surface area (Å²) in [6.45, 7) is 1.97. The molecule has 0 unspecified atom stereocenters. The van der Waals surface area contributed by atoms with Gasteiger partial charge in [-0.05, 0) is 18.6 Å². The Balaban J connectivity index is 1.61. The first kappa shape index (κ1) is 16.1. The van der Waals surface area contributed by atoms with Crippen LogP contribution in [0.3, 0.4) is 0 Å². The average molecular weight is 340 g/mol. The monoisotopic (exact) mass is 340 g/mol. The molecule has 0 atom stereocenters. The van der Waals surface area contributed by atoms with Gasteiger partial charge in [0.05, 0.1) is 0 Å². The number of nitrogens with one attached hydrogen (secondary N) is 1. The molecular formula is C17H16N4O2S. The number of carbonyl (C=O) groups is 1. The number of aromatic nitrogens is 3. The van der Waals surface area contributed by atoms with Crippen LogP contribution in [0.1, 0.15) is 16.0 Å². The molecule has 0 bridgehead atoms. The maximum absolute atomic E-state index is 12.0. The van der Waals surface area contributed by atoms with Crippen LogP contribution in [0.25, 0.3) is 0 Å². The molecule has 1 N–H and O–H groups in total. The molecule has 0 fully saturated rings. The highest BCUT2D eigenvalue weighted by Crippen LogP contribution is 2.21. The Hall–Kier alpha value is -2.80. The van der Waals surface area contributed by atoms with Crippen molar-refractivity contribution in [1.82, 2.24) is 14.5 Å². The largest absolute Gasteiger partial charge is 0.347 e. The fourth-order valence-electron chi connectivity index (χ4n) is 2.18. The third kappa shape index (κ3) is 4.14. The smallest absolute Gasteiger partial charge is 0.300 e. The minimum Gasteiger partial charge on any atom is -0.300 e. The lowest BCUT2D eigenvalue weighted by Crippen LogP contribution is -2.28. The van der Waals surface area contributed by atoms with Crippen LogP contribution in [0.4, 0.5) is 5.13 Å². The zero-order valence-corrected chi connectivity index (χ0v) is 13.9. The van der Waals surface area contributed by atoms with Crippen LogP contribution in [0.15, 0.2) is 53.7 Å². The molecule has 1 aromatic carbocycles. The van der Waals surface area contributed by atoms with Gasteiger partial charge in [-0.1, -0.05) is 29.8 Å². The molecule has 0 spiro atoms. The summed E-state index contributed by atoms with van der Waals surface area (Å²) in [7, 11) is 0. The van der Waals surface area contributed by atoms with E-state index in [1.165, 1.54) is 39.4 Å². The highest BCUT2D eigenvalue weighted by atomic mass is 32.1. The average Bonchev–Trinajstić information content (AvgIpc) is 2.99. The van der Waals surface area contributed by atoms with E-state index in [9.17, 15) is 9.59 Å². The van der Waals surface area contributed by atoms with Crippen LogP contribution in [0.5, 0.6) is 0 Å². The molecule has 3 aromatic rings. The molecule has 0 aliphatic carbocycles. The Bertz CT molecular complexity index is 899. The Morgan fingerprint density at radius 2 is 2.04 bits per heavy atom. The molecule has 24 heavy (non-hydrogen) atoms. The van der Waals surface area contributed by atoms with Gasteiger partial charge in [0.25, 0.3) is 0 Å². The number of hydrogen-bond acceptors (Lipinski definition) is 5. The van der Waals surface area contributed by atoms with Crippen LogP contribution >= 0.6 is 11.3 Å². The standard InChI is InChI=1S/C17H16N4O2S/c1-12-3-5-13(6-4-12)9-14-10-19-16(24-14)20-15(22)11-21-8-2-7-18-17(21)23/h2-8,10H,9,11H2,1H3,(H,19,20,22). The van der Waals surface area contributed by atoms with E-state index in [-0.39, 0.29) is 12.5 Å². The number of hydrogen-bond donors (Lipinski definition) is 1. The van der Waals surface area contributed by atoms with Crippen LogP contribution in [-0.2, 0) is 17.8 Å². The second kappa shape index (κ2) is 7.18. The topological polar surface area (TPSA) is 76.9 Å². The predicted molar refractivity (Wildman–Crippen MR) is 93.2 cm³/mol. The molecular weight excluding hydrogens is 324 g/mol. The van der Waals surface area contributed by atoms with Gasteiger partial charge < -0.3 is 5.32 Å². The van der Waals surface area contributed by atoms with Crippen molar-refractivity contribution in [2.24, 2.45) is 0 Å². The van der Waals surface area contributed by atoms with Crippen LogP contribution in [0, 0.1) is 6.92 Å². The number of carbonyl (C=O) groups excluding carboxylic acids is 1. The van der Waals surface area contributed by atoms with Gasteiger partial charge in [0.2, 0.25) is 5.91 Å². The first-order valence-electron chi connectivity index (χ1n) is 7.42. The van der Waals surface area contributed by atoms with E-state index in [1.807, 2.05) is 0 Å². The van der Waals surface area contributed by atoms with Gasteiger partial charge in [-0.2, -0.15) is 0 Å². The van der Waals surface area contributed by atoms with Gasteiger partial charge in [-0.3, -0.25) is 9.36 Å². The number of aryl methyl sites for hydroxylation is 1. The van der Waals surface area contributed by atoms with E-state index in [0.29, 0.717) is 5.13 Å². The molecule has 6 nitrogen and oxygen atoms in total. The van der Waals surface area contributed by atoms with Crippen molar-refractivity contribution >= 4 is 22.4 Å². The lowest BCUT2D eigenvalue weighted by molar-refractivity contribution is -0.116. The number of nitrogens with zero attached hydrogens (tertiary/aromatic N) is 3. The Morgan fingerprint density at radius 3 is 2.79 bits per heavy atom. The van der Waals surface area contributed by atoms with Crippen LogP contribution in [0.2, 0.25) is 0 Å². The number of benzene rings is 1. The normalized spacial score (nSPS) is 10.5. The fraction of sp³-hybridized carbons (Fsp3) is 0.176. The summed E-state index contributed by atoms with van der Waals surface area (Å²) in [4.78, 5) is 32.4. The summed E-state index contributed by atoms with van der Waals surface area (Å²) in [5.41, 5.74) is 1.97. The summed E-state index contributed by atoms with van der Waals surface area (Å²) in [6.07, 6.45) is 5.46. The van der Waals surface area contributed by atoms with Crippen molar-refractivity contribution in [2.75, 3.05) is 5.32 Å². The van der Waals surface area contributed by atoms with E-state index in [0.717, 1.165) is 11.3 Å². The first-order valence-corrected chi connectivity index (χ1v) is 8.23.